The van der Waals surface area contributed by atoms with Crippen molar-refractivity contribution >= 4 is 22.7 Å². The number of hydrogen-bond donors (Lipinski definition) is 0. The Hall–Kier alpha value is -2.08. The lowest BCUT2D eigenvalue weighted by Crippen LogP contribution is -1.90. The zero-order chi connectivity index (χ0) is 14.4. The number of aromatic nitrogens is 4. The van der Waals surface area contributed by atoms with Gasteiger partial charge >= 0.3 is 0 Å². The lowest BCUT2D eigenvalue weighted by atomic mass is 10.2. The van der Waals surface area contributed by atoms with Crippen LogP contribution in [0.3, 0.4) is 0 Å². The van der Waals surface area contributed by atoms with Gasteiger partial charge in [-0.05, 0) is 36.0 Å². The predicted molar refractivity (Wildman–Crippen MR) is 77.0 cm³/mol. The molecule has 0 saturated carbocycles. The van der Waals surface area contributed by atoms with Gasteiger partial charge in [0.25, 0.3) is 0 Å². The maximum absolute atomic E-state index is 13.3. The van der Waals surface area contributed by atoms with E-state index >= 15 is 0 Å². The first-order valence-corrected chi connectivity index (χ1v) is 7.00. The van der Waals surface area contributed by atoms with Crippen molar-refractivity contribution in [2.45, 2.75) is 24.0 Å². The SMILES string of the molecule is CC.Fc1ccc2ncnc(Sc3ncccn3)c2c1. The van der Waals surface area contributed by atoms with E-state index in [0.717, 1.165) is 0 Å². The molecule has 0 unspecified atom stereocenters. The number of benzene rings is 1. The molecule has 0 spiro atoms. The number of nitrogens with zero attached hydrogens (tertiary/aromatic N) is 4. The maximum Gasteiger partial charge on any atom is 0.193 e. The van der Waals surface area contributed by atoms with Crippen molar-refractivity contribution < 1.29 is 4.39 Å². The van der Waals surface area contributed by atoms with Crippen LogP contribution in [0, 0.1) is 5.82 Å². The van der Waals surface area contributed by atoms with Crippen LogP contribution in [0.2, 0.25) is 0 Å². The summed E-state index contributed by atoms with van der Waals surface area (Å²) in [5.41, 5.74) is 0.699. The molecule has 0 aliphatic heterocycles. The molecule has 2 heterocycles. The van der Waals surface area contributed by atoms with Crippen LogP contribution in [0.5, 0.6) is 0 Å². The number of hydrogen-bond acceptors (Lipinski definition) is 5. The summed E-state index contributed by atoms with van der Waals surface area (Å²) in [6.07, 6.45) is 4.75. The van der Waals surface area contributed by atoms with Crippen LogP contribution in [-0.2, 0) is 0 Å². The standard InChI is InChI=1S/C12H7FN4S.C2H6/c13-8-2-3-10-9(6-8)11(17-7-16-10)18-12-14-4-1-5-15-12;1-2/h1-7H;1-2H3. The van der Waals surface area contributed by atoms with E-state index in [1.54, 1.807) is 24.5 Å². The van der Waals surface area contributed by atoms with Gasteiger partial charge in [0.2, 0.25) is 0 Å². The predicted octanol–water partition coefficient (Wildman–Crippen LogP) is 3.74. The summed E-state index contributed by atoms with van der Waals surface area (Å²) in [7, 11) is 0. The van der Waals surface area contributed by atoms with Crippen molar-refractivity contribution in [3.05, 3.63) is 48.8 Å². The molecule has 0 fully saturated rings. The van der Waals surface area contributed by atoms with Crippen molar-refractivity contribution in [1.82, 2.24) is 19.9 Å². The number of halogens is 1. The van der Waals surface area contributed by atoms with Crippen molar-refractivity contribution in [2.24, 2.45) is 0 Å². The molecule has 3 aromatic rings. The summed E-state index contributed by atoms with van der Waals surface area (Å²) in [6.45, 7) is 4.00. The van der Waals surface area contributed by atoms with Gasteiger partial charge in [-0.1, -0.05) is 13.8 Å². The molecule has 0 N–H and O–H groups in total. The molecule has 4 nitrogen and oxygen atoms in total. The van der Waals surface area contributed by atoms with E-state index in [0.29, 0.717) is 21.1 Å². The Kier molecular flexibility index (Phi) is 4.95. The van der Waals surface area contributed by atoms with Crippen LogP contribution in [0.15, 0.2) is 53.2 Å². The highest BCUT2D eigenvalue weighted by atomic mass is 32.2. The Balaban J connectivity index is 0.000000704. The van der Waals surface area contributed by atoms with Crippen molar-refractivity contribution in [3.63, 3.8) is 0 Å². The van der Waals surface area contributed by atoms with E-state index in [2.05, 4.69) is 19.9 Å². The molecule has 2 aromatic heterocycles. The summed E-state index contributed by atoms with van der Waals surface area (Å²) in [5, 5.41) is 1.88. The second kappa shape index (κ2) is 6.91. The van der Waals surface area contributed by atoms with Gasteiger partial charge in [-0.15, -0.1) is 0 Å². The van der Waals surface area contributed by atoms with Gasteiger partial charge in [-0.3, -0.25) is 0 Å². The van der Waals surface area contributed by atoms with E-state index in [1.807, 2.05) is 13.8 Å². The molecule has 0 amide bonds. The number of rotatable bonds is 2. The van der Waals surface area contributed by atoms with Crippen molar-refractivity contribution in [3.8, 4) is 0 Å². The first-order chi connectivity index (χ1) is 9.83. The molecule has 1 aromatic carbocycles. The first kappa shape index (κ1) is 14.3. The summed E-state index contributed by atoms with van der Waals surface area (Å²) < 4.78 is 13.3. The number of fused-ring (bicyclic) bond motifs is 1. The van der Waals surface area contributed by atoms with Gasteiger partial charge < -0.3 is 0 Å². The Morgan fingerprint density at radius 2 is 1.75 bits per heavy atom. The lowest BCUT2D eigenvalue weighted by molar-refractivity contribution is 0.629. The van der Waals surface area contributed by atoms with Gasteiger partial charge in [0.05, 0.1) is 5.52 Å². The molecule has 0 bridgehead atoms. The minimum Gasteiger partial charge on any atom is -0.236 e. The zero-order valence-electron chi connectivity index (χ0n) is 11.1. The molecule has 0 aliphatic carbocycles. The quantitative estimate of drug-likeness (QED) is 0.531. The molecule has 0 atom stereocenters. The van der Waals surface area contributed by atoms with Gasteiger partial charge in [0, 0.05) is 17.8 Å². The van der Waals surface area contributed by atoms with Crippen LogP contribution in [0.25, 0.3) is 10.9 Å². The highest BCUT2D eigenvalue weighted by Crippen LogP contribution is 2.28. The second-order valence-electron chi connectivity index (χ2n) is 3.47. The zero-order valence-corrected chi connectivity index (χ0v) is 11.9. The summed E-state index contributed by atoms with van der Waals surface area (Å²) >= 11 is 1.29. The summed E-state index contributed by atoms with van der Waals surface area (Å²) in [6, 6.07) is 6.16. The maximum atomic E-state index is 13.3. The monoisotopic (exact) mass is 288 g/mol. The van der Waals surface area contributed by atoms with E-state index in [4.69, 9.17) is 0 Å². The van der Waals surface area contributed by atoms with Gasteiger partial charge in [0.1, 0.15) is 17.2 Å². The van der Waals surface area contributed by atoms with Crippen LogP contribution in [-0.4, -0.2) is 19.9 Å². The molecular formula is C14H13FN4S. The summed E-state index contributed by atoms with van der Waals surface area (Å²) in [5.74, 6) is -0.312. The largest absolute Gasteiger partial charge is 0.236 e. The minimum atomic E-state index is -0.312. The van der Waals surface area contributed by atoms with Crippen molar-refractivity contribution in [1.29, 1.82) is 0 Å². The highest BCUT2D eigenvalue weighted by Gasteiger charge is 2.08. The third kappa shape index (κ3) is 3.27. The topological polar surface area (TPSA) is 51.6 Å². The molecule has 0 radical (unpaired) electrons. The first-order valence-electron chi connectivity index (χ1n) is 6.18. The molecule has 0 aliphatic rings. The Labute approximate surface area is 120 Å². The van der Waals surface area contributed by atoms with Gasteiger partial charge in [0.15, 0.2) is 5.16 Å². The van der Waals surface area contributed by atoms with E-state index in [-0.39, 0.29) is 5.82 Å². The van der Waals surface area contributed by atoms with Crippen LogP contribution >= 0.6 is 11.8 Å². The van der Waals surface area contributed by atoms with E-state index in [9.17, 15) is 4.39 Å². The van der Waals surface area contributed by atoms with Crippen LogP contribution in [0.1, 0.15) is 13.8 Å². The van der Waals surface area contributed by atoms with Gasteiger partial charge in [-0.2, -0.15) is 0 Å². The van der Waals surface area contributed by atoms with Gasteiger partial charge in [-0.25, -0.2) is 24.3 Å². The molecule has 0 saturated heterocycles. The van der Waals surface area contributed by atoms with Crippen molar-refractivity contribution in [2.75, 3.05) is 0 Å². The molecule has 3 rings (SSSR count). The molecule has 102 valence electrons. The Morgan fingerprint density at radius 3 is 2.50 bits per heavy atom. The lowest BCUT2D eigenvalue weighted by Gasteiger charge is -2.03. The Morgan fingerprint density at radius 1 is 1.00 bits per heavy atom. The minimum absolute atomic E-state index is 0.312. The average Bonchev–Trinajstić information content (AvgIpc) is 2.51. The third-order valence-electron chi connectivity index (χ3n) is 2.29. The fourth-order valence-corrected chi connectivity index (χ4v) is 2.28. The second-order valence-corrected chi connectivity index (χ2v) is 4.43. The smallest absolute Gasteiger partial charge is 0.193 e. The normalized spacial score (nSPS) is 9.95. The highest BCUT2D eigenvalue weighted by molar-refractivity contribution is 7.99. The molecular weight excluding hydrogens is 275 g/mol. The van der Waals surface area contributed by atoms with E-state index < -0.39 is 0 Å². The fourth-order valence-electron chi connectivity index (χ4n) is 1.51. The molecule has 6 heteroatoms. The molecule has 20 heavy (non-hydrogen) atoms. The summed E-state index contributed by atoms with van der Waals surface area (Å²) in [4.78, 5) is 16.4. The van der Waals surface area contributed by atoms with Crippen LogP contribution < -0.4 is 0 Å². The fraction of sp³-hybridized carbons (Fsp3) is 0.143. The third-order valence-corrected chi connectivity index (χ3v) is 3.20. The average molecular weight is 288 g/mol. The van der Waals surface area contributed by atoms with Crippen LogP contribution in [0.4, 0.5) is 4.39 Å². The van der Waals surface area contributed by atoms with E-state index in [1.165, 1.54) is 30.2 Å². The Bertz CT molecular complexity index is 691.